The quantitative estimate of drug-likeness (QED) is 0.669. The van der Waals surface area contributed by atoms with Crippen LogP contribution in [0.1, 0.15) is 12.5 Å². The second kappa shape index (κ2) is 7.43. The van der Waals surface area contributed by atoms with Crippen LogP contribution in [0.3, 0.4) is 0 Å². The molecule has 0 spiro atoms. The van der Waals surface area contributed by atoms with Crippen LogP contribution in [-0.4, -0.2) is 46.0 Å². The molecular weight excluding hydrogens is 409 g/mol. The van der Waals surface area contributed by atoms with Crippen LogP contribution >= 0.6 is 0 Å². The summed E-state index contributed by atoms with van der Waals surface area (Å²) in [5.74, 6) is -0.0197. The summed E-state index contributed by atoms with van der Waals surface area (Å²) in [7, 11) is -0.529. The van der Waals surface area contributed by atoms with Gasteiger partial charge in [0.2, 0.25) is 0 Å². The van der Waals surface area contributed by atoms with E-state index in [9.17, 15) is 21.6 Å². The summed E-state index contributed by atoms with van der Waals surface area (Å²) in [6, 6.07) is 3.14. The molecule has 0 atom stereocenters. The smallest absolute Gasteiger partial charge is 0.387 e. The molecule has 3 aromatic heterocycles. The Hall–Kier alpha value is -3.02. The molecule has 3 aromatic rings. The van der Waals surface area contributed by atoms with Gasteiger partial charge in [-0.2, -0.15) is 13.2 Å². The summed E-state index contributed by atoms with van der Waals surface area (Å²) in [5.41, 5.74) is -0.382. The van der Waals surface area contributed by atoms with Gasteiger partial charge < -0.3 is 9.88 Å². The number of nitrogens with zero attached hydrogens (tertiary/aromatic N) is 5. The first-order valence-corrected chi connectivity index (χ1v) is 10.1. The van der Waals surface area contributed by atoms with Crippen LogP contribution < -0.4 is 5.32 Å². The summed E-state index contributed by atoms with van der Waals surface area (Å²) >= 11 is 0. The third-order valence-corrected chi connectivity index (χ3v) is 6.00. The number of hydrogen-bond donors (Lipinski definition) is 1. The van der Waals surface area contributed by atoms with Gasteiger partial charge in [0, 0.05) is 20.3 Å². The van der Waals surface area contributed by atoms with Crippen molar-refractivity contribution in [1.82, 2.24) is 24.7 Å². The number of pyridine rings is 2. The first-order chi connectivity index (χ1) is 13.6. The van der Waals surface area contributed by atoms with E-state index >= 15 is 0 Å². The maximum atomic E-state index is 13.0. The molecule has 0 fully saturated rings. The Morgan fingerprint density at radius 2 is 1.83 bits per heavy atom. The van der Waals surface area contributed by atoms with Gasteiger partial charge in [-0.1, -0.05) is 6.92 Å². The van der Waals surface area contributed by atoms with E-state index in [4.69, 9.17) is 0 Å². The number of rotatable bonds is 5. The van der Waals surface area contributed by atoms with Gasteiger partial charge in [0.15, 0.2) is 21.5 Å². The lowest BCUT2D eigenvalue weighted by Crippen LogP contribution is -2.10. The summed E-state index contributed by atoms with van der Waals surface area (Å²) in [5, 5.41) is 10.7. The van der Waals surface area contributed by atoms with Gasteiger partial charge in [0.05, 0.1) is 28.1 Å². The molecule has 3 heterocycles. The highest BCUT2D eigenvalue weighted by Gasteiger charge is 2.31. The molecule has 154 valence electrons. The molecule has 0 unspecified atom stereocenters. The van der Waals surface area contributed by atoms with Gasteiger partial charge in [-0.3, -0.25) is 4.98 Å². The first-order valence-electron chi connectivity index (χ1n) is 8.42. The molecular formula is C17H17F3N6O2S. The Morgan fingerprint density at radius 1 is 1.14 bits per heavy atom. The fraction of sp³-hybridized carbons (Fsp3) is 0.294. The Kier molecular flexibility index (Phi) is 5.30. The van der Waals surface area contributed by atoms with Crippen molar-refractivity contribution in [2.75, 3.05) is 18.1 Å². The Bertz CT molecular complexity index is 1160. The standard InChI is InChI=1S/C17H17F3N6O2S/c1-4-29(27,28)13-8-11(21-2)9-23-14(13)16-25-24-15(26(16)3)12-7-10(5-6-22-12)17(18,19)20/h5-9,21H,4H2,1-3H3. The first kappa shape index (κ1) is 20.7. The SMILES string of the molecule is CCS(=O)(=O)c1cc(NC)cnc1-c1nnc(-c2cc(C(F)(F)F)ccn2)n1C. The van der Waals surface area contributed by atoms with Gasteiger partial charge in [-0.05, 0) is 18.2 Å². The third-order valence-electron chi connectivity index (χ3n) is 4.26. The van der Waals surface area contributed by atoms with E-state index in [1.807, 2.05) is 0 Å². The minimum atomic E-state index is -4.54. The molecule has 0 amide bonds. The summed E-state index contributed by atoms with van der Waals surface area (Å²) in [4.78, 5) is 8.08. The lowest BCUT2D eigenvalue weighted by Gasteiger charge is -2.11. The van der Waals surface area contributed by atoms with E-state index < -0.39 is 21.6 Å². The Morgan fingerprint density at radius 3 is 2.45 bits per heavy atom. The van der Waals surface area contributed by atoms with E-state index in [0.29, 0.717) is 5.69 Å². The molecule has 12 heteroatoms. The van der Waals surface area contributed by atoms with Crippen LogP contribution in [0.15, 0.2) is 35.5 Å². The fourth-order valence-electron chi connectivity index (χ4n) is 2.63. The number of nitrogens with one attached hydrogen (secondary N) is 1. The van der Waals surface area contributed by atoms with Crippen molar-refractivity contribution in [2.24, 2.45) is 7.05 Å². The van der Waals surface area contributed by atoms with E-state index in [0.717, 1.165) is 18.3 Å². The van der Waals surface area contributed by atoms with Gasteiger partial charge in [0.25, 0.3) is 0 Å². The second-order valence-electron chi connectivity index (χ2n) is 6.06. The van der Waals surface area contributed by atoms with E-state index in [2.05, 4.69) is 25.5 Å². The van der Waals surface area contributed by atoms with Crippen LogP contribution in [0.5, 0.6) is 0 Å². The molecule has 0 saturated carbocycles. The average molecular weight is 426 g/mol. The zero-order valence-electron chi connectivity index (χ0n) is 15.7. The minimum absolute atomic E-state index is 0.0467. The van der Waals surface area contributed by atoms with E-state index in [1.54, 1.807) is 7.05 Å². The fourth-order valence-corrected chi connectivity index (χ4v) is 3.69. The molecule has 8 nitrogen and oxygen atoms in total. The largest absolute Gasteiger partial charge is 0.416 e. The zero-order chi connectivity index (χ0) is 21.4. The van der Waals surface area contributed by atoms with Crippen LogP contribution in [0.25, 0.3) is 23.0 Å². The molecule has 3 rings (SSSR count). The molecule has 0 aliphatic rings. The number of anilines is 1. The van der Waals surface area contributed by atoms with Crippen molar-refractivity contribution < 1.29 is 21.6 Å². The van der Waals surface area contributed by atoms with Crippen molar-refractivity contribution in [1.29, 1.82) is 0 Å². The Balaban J connectivity index is 2.17. The van der Waals surface area contributed by atoms with Crippen LogP contribution in [0.2, 0.25) is 0 Å². The normalized spacial score (nSPS) is 12.2. The van der Waals surface area contributed by atoms with Crippen molar-refractivity contribution in [3.63, 3.8) is 0 Å². The zero-order valence-corrected chi connectivity index (χ0v) is 16.5. The predicted octanol–water partition coefficient (Wildman–Crippen LogP) is 2.79. The summed E-state index contributed by atoms with van der Waals surface area (Å²) < 4.78 is 65.4. The lowest BCUT2D eigenvalue weighted by atomic mass is 10.2. The highest BCUT2D eigenvalue weighted by atomic mass is 32.2. The topological polar surface area (TPSA) is 103 Å². The van der Waals surface area contributed by atoms with E-state index in [-0.39, 0.29) is 33.7 Å². The molecule has 0 aromatic carbocycles. The van der Waals surface area contributed by atoms with Gasteiger partial charge in [-0.25, -0.2) is 13.4 Å². The highest BCUT2D eigenvalue weighted by molar-refractivity contribution is 7.91. The molecule has 0 bridgehead atoms. The number of halogens is 3. The Labute approximate surface area is 164 Å². The minimum Gasteiger partial charge on any atom is -0.387 e. The van der Waals surface area contributed by atoms with Crippen LogP contribution in [0.4, 0.5) is 18.9 Å². The monoisotopic (exact) mass is 426 g/mol. The number of alkyl halides is 3. The average Bonchev–Trinajstić information content (AvgIpc) is 3.08. The summed E-state index contributed by atoms with van der Waals surface area (Å²) in [6.45, 7) is 1.50. The van der Waals surface area contributed by atoms with Gasteiger partial charge >= 0.3 is 6.18 Å². The lowest BCUT2D eigenvalue weighted by molar-refractivity contribution is -0.137. The number of hydrogen-bond acceptors (Lipinski definition) is 7. The van der Waals surface area contributed by atoms with Crippen molar-refractivity contribution in [3.05, 3.63) is 36.2 Å². The van der Waals surface area contributed by atoms with Gasteiger partial charge in [0.1, 0.15) is 11.4 Å². The predicted molar refractivity (Wildman–Crippen MR) is 99.7 cm³/mol. The third kappa shape index (κ3) is 3.92. The molecule has 0 aliphatic heterocycles. The maximum absolute atomic E-state index is 13.0. The van der Waals surface area contributed by atoms with E-state index in [1.165, 1.54) is 30.8 Å². The molecule has 0 radical (unpaired) electrons. The molecule has 0 aliphatic carbocycles. The molecule has 1 N–H and O–H groups in total. The number of aromatic nitrogens is 5. The van der Waals surface area contributed by atoms with Crippen molar-refractivity contribution in [3.8, 4) is 23.0 Å². The highest BCUT2D eigenvalue weighted by Crippen LogP contribution is 2.32. The molecule has 29 heavy (non-hydrogen) atoms. The number of sulfone groups is 1. The molecule has 0 saturated heterocycles. The van der Waals surface area contributed by atoms with Crippen molar-refractivity contribution in [2.45, 2.75) is 18.0 Å². The summed E-state index contributed by atoms with van der Waals surface area (Å²) in [6.07, 6.45) is -2.08. The van der Waals surface area contributed by atoms with Crippen LogP contribution in [0, 0.1) is 0 Å². The van der Waals surface area contributed by atoms with Gasteiger partial charge in [-0.15, -0.1) is 10.2 Å². The maximum Gasteiger partial charge on any atom is 0.416 e. The van der Waals surface area contributed by atoms with Crippen LogP contribution in [-0.2, 0) is 23.1 Å². The van der Waals surface area contributed by atoms with Crippen molar-refractivity contribution >= 4 is 15.5 Å². The second-order valence-corrected chi connectivity index (χ2v) is 8.30.